The lowest BCUT2D eigenvalue weighted by Gasteiger charge is -1.96. The first kappa shape index (κ1) is 10.5. The second-order valence-electron chi connectivity index (χ2n) is 3.91. The average molecular weight is 242 g/mol. The molecule has 0 spiro atoms. The highest BCUT2D eigenvalue weighted by Gasteiger charge is 2.09. The Kier molecular flexibility index (Phi) is 2.12. The van der Waals surface area contributed by atoms with E-state index in [-0.39, 0.29) is 5.69 Å². The van der Waals surface area contributed by atoms with Crippen molar-refractivity contribution < 1.29 is 4.79 Å². The Labute approximate surface area is 102 Å². The van der Waals surface area contributed by atoms with Gasteiger partial charge < -0.3 is 5.73 Å². The number of imidazole rings is 1. The second-order valence-corrected chi connectivity index (χ2v) is 3.91. The summed E-state index contributed by atoms with van der Waals surface area (Å²) in [6, 6.07) is 3.60. The number of nitrogens with zero attached hydrogens (tertiary/aromatic N) is 5. The van der Waals surface area contributed by atoms with Gasteiger partial charge in [0, 0.05) is 18.8 Å². The van der Waals surface area contributed by atoms with Gasteiger partial charge in [-0.05, 0) is 12.1 Å². The molecule has 3 rings (SSSR count). The van der Waals surface area contributed by atoms with Gasteiger partial charge in [0.15, 0.2) is 5.65 Å². The van der Waals surface area contributed by atoms with Crippen LogP contribution in [0.5, 0.6) is 0 Å². The Morgan fingerprint density at radius 1 is 1.33 bits per heavy atom. The number of amides is 1. The van der Waals surface area contributed by atoms with Crippen molar-refractivity contribution in [3.05, 3.63) is 36.4 Å². The number of rotatable bonds is 2. The molecular weight excluding hydrogens is 232 g/mol. The fraction of sp³-hybridized carbons (Fsp3) is 0.0909. The minimum Gasteiger partial charge on any atom is -0.364 e. The Bertz CT molecular complexity index is 741. The summed E-state index contributed by atoms with van der Waals surface area (Å²) < 4.78 is 3.23. The molecule has 0 atom stereocenters. The maximum atomic E-state index is 11.0. The molecule has 0 fully saturated rings. The van der Waals surface area contributed by atoms with E-state index >= 15 is 0 Å². The number of fused-ring (bicyclic) bond motifs is 1. The molecule has 0 bridgehead atoms. The highest BCUT2D eigenvalue weighted by Crippen LogP contribution is 2.16. The lowest BCUT2D eigenvalue weighted by atomic mass is 10.2. The van der Waals surface area contributed by atoms with Crippen LogP contribution in [0.4, 0.5) is 0 Å². The Hall–Kier alpha value is -2.70. The maximum absolute atomic E-state index is 11.0. The van der Waals surface area contributed by atoms with E-state index < -0.39 is 5.91 Å². The molecule has 0 unspecified atom stereocenters. The summed E-state index contributed by atoms with van der Waals surface area (Å²) in [4.78, 5) is 15.1. The molecule has 0 saturated carbocycles. The molecule has 0 saturated heterocycles. The van der Waals surface area contributed by atoms with Crippen molar-refractivity contribution in [3.63, 3.8) is 0 Å². The summed E-state index contributed by atoms with van der Waals surface area (Å²) in [5.74, 6) is -0.566. The van der Waals surface area contributed by atoms with Crippen molar-refractivity contribution in [2.45, 2.75) is 0 Å². The third kappa shape index (κ3) is 1.61. The largest absolute Gasteiger partial charge is 0.364 e. The lowest BCUT2D eigenvalue weighted by Crippen LogP contribution is -2.10. The van der Waals surface area contributed by atoms with Gasteiger partial charge in [0.25, 0.3) is 5.91 Å². The van der Waals surface area contributed by atoms with Crippen LogP contribution >= 0.6 is 0 Å². The van der Waals surface area contributed by atoms with Crippen molar-refractivity contribution in [1.82, 2.24) is 24.4 Å². The molecule has 0 radical (unpaired) electrons. The minimum absolute atomic E-state index is 0.200. The molecule has 3 heterocycles. The number of hydrogen-bond donors (Lipinski definition) is 1. The van der Waals surface area contributed by atoms with E-state index in [9.17, 15) is 4.79 Å². The SMILES string of the molecule is Cn1cc(-c2ccc3nc(C(N)=O)cn3n2)cn1. The molecule has 2 N–H and O–H groups in total. The van der Waals surface area contributed by atoms with Gasteiger partial charge in [-0.2, -0.15) is 10.2 Å². The van der Waals surface area contributed by atoms with Crippen molar-refractivity contribution in [2.24, 2.45) is 12.8 Å². The van der Waals surface area contributed by atoms with Crippen molar-refractivity contribution in [2.75, 3.05) is 0 Å². The summed E-state index contributed by atoms with van der Waals surface area (Å²) >= 11 is 0. The van der Waals surface area contributed by atoms with Crippen LogP contribution in [0.25, 0.3) is 16.9 Å². The molecule has 0 aliphatic heterocycles. The number of aromatic nitrogens is 5. The Morgan fingerprint density at radius 3 is 2.83 bits per heavy atom. The second kappa shape index (κ2) is 3.66. The predicted molar refractivity (Wildman–Crippen MR) is 63.7 cm³/mol. The molecule has 18 heavy (non-hydrogen) atoms. The number of hydrogen-bond acceptors (Lipinski definition) is 4. The minimum atomic E-state index is -0.566. The van der Waals surface area contributed by atoms with Gasteiger partial charge >= 0.3 is 0 Å². The van der Waals surface area contributed by atoms with Crippen molar-refractivity contribution >= 4 is 11.6 Å². The molecule has 7 heteroatoms. The number of carbonyl (C=O) groups is 1. The monoisotopic (exact) mass is 242 g/mol. The van der Waals surface area contributed by atoms with Crippen LogP contribution in [-0.2, 0) is 7.05 Å². The molecule has 3 aromatic rings. The van der Waals surface area contributed by atoms with Gasteiger partial charge in [-0.3, -0.25) is 9.48 Å². The van der Waals surface area contributed by atoms with Gasteiger partial charge in [0.05, 0.1) is 18.1 Å². The van der Waals surface area contributed by atoms with Crippen LogP contribution in [-0.4, -0.2) is 30.3 Å². The molecule has 3 aromatic heterocycles. The van der Waals surface area contributed by atoms with E-state index in [0.29, 0.717) is 5.65 Å². The topological polar surface area (TPSA) is 91.1 Å². The van der Waals surface area contributed by atoms with Crippen LogP contribution in [0.1, 0.15) is 10.5 Å². The first-order chi connectivity index (χ1) is 8.63. The zero-order valence-electron chi connectivity index (χ0n) is 9.61. The fourth-order valence-corrected chi connectivity index (χ4v) is 1.71. The molecule has 7 nitrogen and oxygen atoms in total. The number of carbonyl (C=O) groups excluding carboxylic acids is 1. The van der Waals surface area contributed by atoms with E-state index in [4.69, 9.17) is 5.73 Å². The highest BCUT2D eigenvalue weighted by atomic mass is 16.1. The normalized spacial score (nSPS) is 10.9. The lowest BCUT2D eigenvalue weighted by molar-refractivity contribution is 0.0996. The van der Waals surface area contributed by atoms with Crippen LogP contribution in [0.2, 0.25) is 0 Å². The van der Waals surface area contributed by atoms with Gasteiger partial charge in [-0.15, -0.1) is 0 Å². The van der Waals surface area contributed by atoms with Crippen LogP contribution in [0.3, 0.4) is 0 Å². The molecule has 0 aromatic carbocycles. The summed E-state index contributed by atoms with van der Waals surface area (Å²) in [5, 5.41) is 8.44. The summed E-state index contributed by atoms with van der Waals surface area (Å²) in [5.41, 5.74) is 7.60. The van der Waals surface area contributed by atoms with E-state index in [1.54, 1.807) is 16.9 Å². The van der Waals surface area contributed by atoms with E-state index in [0.717, 1.165) is 11.3 Å². The van der Waals surface area contributed by atoms with E-state index in [1.165, 1.54) is 10.7 Å². The van der Waals surface area contributed by atoms with Crippen molar-refractivity contribution in [1.29, 1.82) is 0 Å². The standard InChI is InChI=1S/C11H10N6O/c1-16-5-7(4-13-16)8-2-3-10-14-9(11(12)18)6-17(10)15-8/h2-6H,1H3,(H2,12,18). The van der Waals surface area contributed by atoms with Crippen LogP contribution in [0, 0.1) is 0 Å². The number of nitrogens with two attached hydrogens (primary N) is 1. The van der Waals surface area contributed by atoms with E-state index in [2.05, 4.69) is 15.2 Å². The first-order valence-corrected chi connectivity index (χ1v) is 5.29. The van der Waals surface area contributed by atoms with Gasteiger partial charge in [-0.25, -0.2) is 9.50 Å². The van der Waals surface area contributed by atoms with E-state index in [1.807, 2.05) is 19.3 Å². The Morgan fingerprint density at radius 2 is 2.17 bits per heavy atom. The van der Waals surface area contributed by atoms with Gasteiger partial charge in [0.1, 0.15) is 5.69 Å². The van der Waals surface area contributed by atoms with Gasteiger partial charge in [-0.1, -0.05) is 0 Å². The summed E-state index contributed by atoms with van der Waals surface area (Å²) in [6.45, 7) is 0. The number of primary amides is 1. The fourth-order valence-electron chi connectivity index (χ4n) is 1.71. The summed E-state index contributed by atoms with van der Waals surface area (Å²) in [7, 11) is 1.84. The molecular formula is C11H10N6O. The molecule has 0 aliphatic rings. The van der Waals surface area contributed by atoms with Crippen molar-refractivity contribution in [3.8, 4) is 11.3 Å². The third-order valence-corrected chi connectivity index (χ3v) is 2.57. The predicted octanol–water partition coefficient (Wildman–Crippen LogP) is 0.229. The Balaban J connectivity index is 2.13. The highest BCUT2D eigenvalue weighted by molar-refractivity contribution is 5.91. The molecule has 90 valence electrons. The maximum Gasteiger partial charge on any atom is 0.268 e. The molecule has 1 amide bonds. The summed E-state index contributed by atoms with van der Waals surface area (Å²) in [6.07, 6.45) is 5.09. The number of aryl methyl sites for hydroxylation is 1. The first-order valence-electron chi connectivity index (χ1n) is 5.29. The average Bonchev–Trinajstić information content (AvgIpc) is 2.93. The van der Waals surface area contributed by atoms with Crippen LogP contribution in [0.15, 0.2) is 30.7 Å². The quantitative estimate of drug-likeness (QED) is 0.696. The third-order valence-electron chi connectivity index (χ3n) is 2.57. The molecule has 0 aliphatic carbocycles. The smallest absolute Gasteiger partial charge is 0.268 e. The van der Waals surface area contributed by atoms with Gasteiger partial charge in [0.2, 0.25) is 0 Å². The zero-order chi connectivity index (χ0) is 12.7. The zero-order valence-corrected chi connectivity index (χ0v) is 9.61. The van der Waals surface area contributed by atoms with Crippen LogP contribution < -0.4 is 5.73 Å².